The molecule has 58 valence electrons. The molecule has 0 spiro atoms. The summed E-state index contributed by atoms with van der Waals surface area (Å²) in [6.07, 6.45) is 1.27. The van der Waals surface area contributed by atoms with Crippen molar-refractivity contribution in [1.82, 2.24) is 4.90 Å². The lowest BCUT2D eigenvalue weighted by Crippen LogP contribution is -2.31. The predicted octanol–water partition coefficient (Wildman–Crippen LogP) is -1.01. The number of rotatable bonds is 5. The molecule has 0 aliphatic heterocycles. The van der Waals surface area contributed by atoms with Crippen LogP contribution in [0.4, 0.5) is 0 Å². The van der Waals surface area contributed by atoms with Crippen molar-refractivity contribution in [3.8, 4) is 0 Å². The summed E-state index contributed by atoms with van der Waals surface area (Å²) in [7, 11) is 1.74. The fraction of sp³-hybridized carbons (Fsp3) is 0.667. The van der Waals surface area contributed by atoms with Gasteiger partial charge in [-0.25, -0.2) is 0 Å². The van der Waals surface area contributed by atoms with Crippen LogP contribution in [0.25, 0.3) is 0 Å². The molecule has 0 fully saturated rings. The Hall–Kier alpha value is -0.900. The van der Waals surface area contributed by atoms with Crippen molar-refractivity contribution in [2.24, 2.45) is 5.73 Å². The molecule has 0 aromatic carbocycles. The average molecular weight is 144 g/mol. The van der Waals surface area contributed by atoms with Gasteiger partial charge in [0.2, 0.25) is 5.91 Å². The third-order valence-corrected chi connectivity index (χ3v) is 1.05. The van der Waals surface area contributed by atoms with Gasteiger partial charge < -0.3 is 10.5 Å². The van der Waals surface area contributed by atoms with Gasteiger partial charge in [-0.15, -0.1) is 0 Å². The molecule has 0 heterocycles. The normalized spacial score (nSPS) is 9.80. The first-order valence-electron chi connectivity index (χ1n) is 3.07. The summed E-state index contributed by atoms with van der Waals surface area (Å²) in [4.78, 5) is 21.8. The summed E-state index contributed by atoms with van der Waals surface area (Å²) in [5, 5.41) is 0. The first-order chi connectivity index (χ1) is 4.66. The first kappa shape index (κ1) is 9.10. The topological polar surface area (TPSA) is 63.4 Å². The third kappa shape index (κ3) is 5.24. The van der Waals surface area contributed by atoms with E-state index in [2.05, 4.69) is 0 Å². The highest BCUT2D eigenvalue weighted by molar-refractivity contribution is 5.75. The Morgan fingerprint density at radius 2 is 2.30 bits per heavy atom. The summed E-state index contributed by atoms with van der Waals surface area (Å²) >= 11 is 0. The average Bonchev–Trinajstić information content (AvgIpc) is 1.82. The van der Waals surface area contributed by atoms with E-state index in [1.807, 2.05) is 0 Å². The lowest BCUT2D eigenvalue weighted by Gasteiger charge is -2.11. The highest BCUT2D eigenvalue weighted by Gasteiger charge is 1.99. The van der Waals surface area contributed by atoms with E-state index in [0.29, 0.717) is 13.0 Å². The molecule has 1 amide bonds. The van der Waals surface area contributed by atoms with Crippen LogP contribution in [0.2, 0.25) is 0 Å². The van der Waals surface area contributed by atoms with E-state index < -0.39 is 0 Å². The van der Waals surface area contributed by atoms with E-state index in [4.69, 9.17) is 5.73 Å². The second-order valence-electron chi connectivity index (χ2n) is 2.16. The van der Waals surface area contributed by atoms with Gasteiger partial charge in [0.05, 0.1) is 6.54 Å². The van der Waals surface area contributed by atoms with Gasteiger partial charge in [0.15, 0.2) is 0 Å². The van der Waals surface area contributed by atoms with E-state index in [1.165, 1.54) is 0 Å². The molecular weight excluding hydrogens is 132 g/mol. The van der Waals surface area contributed by atoms with Crippen molar-refractivity contribution in [2.75, 3.05) is 20.1 Å². The molecular formula is C6H12N2O2. The number of nitrogens with two attached hydrogens (primary N) is 1. The fourth-order valence-corrected chi connectivity index (χ4v) is 0.618. The van der Waals surface area contributed by atoms with E-state index in [1.54, 1.807) is 11.9 Å². The summed E-state index contributed by atoms with van der Waals surface area (Å²) in [6, 6.07) is 0. The van der Waals surface area contributed by atoms with E-state index in [-0.39, 0.29) is 12.5 Å². The van der Waals surface area contributed by atoms with Crippen molar-refractivity contribution in [3.63, 3.8) is 0 Å². The number of likely N-dealkylation sites (N-methyl/N-ethyl adjacent to an activating group) is 1. The molecule has 0 radical (unpaired) electrons. The van der Waals surface area contributed by atoms with Gasteiger partial charge in [-0.2, -0.15) is 0 Å². The van der Waals surface area contributed by atoms with Crippen LogP contribution in [0.3, 0.4) is 0 Å². The molecule has 2 N–H and O–H groups in total. The van der Waals surface area contributed by atoms with Gasteiger partial charge in [-0.05, 0) is 7.05 Å². The Balaban J connectivity index is 3.33. The van der Waals surface area contributed by atoms with Crippen LogP contribution in [0.1, 0.15) is 6.42 Å². The minimum atomic E-state index is -0.367. The summed E-state index contributed by atoms with van der Waals surface area (Å²) < 4.78 is 0. The number of hydrogen-bond acceptors (Lipinski definition) is 3. The molecule has 0 rings (SSSR count). The van der Waals surface area contributed by atoms with Gasteiger partial charge in [0.1, 0.15) is 6.29 Å². The maximum atomic E-state index is 10.3. The van der Waals surface area contributed by atoms with Gasteiger partial charge in [-0.3, -0.25) is 9.69 Å². The zero-order valence-electron chi connectivity index (χ0n) is 6.04. The molecule has 0 aliphatic carbocycles. The second-order valence-corrected chi connectivity index (χ2v) is 2.16. The number of nitrogens with zero attached hydrogens (tertiary/aromatic N) is 1. The van der Waals surface area contributed by atoms with Gasteiger partial charge in [0.25, 0.3) is 0 Å². The molecule has 0 saturated heterocycles. The van der Waals surface area contributed by atoms with Crippen molar-refractivity contribution in [2.45, 2.75) is 6.42 Å². The zero-order valence-corrected chi connectivity index (χ0v) is 6.04. The smallest absolute Gasteiger partial charge is 0.231 e. The first-order valence-corrected chi connectivity index (χ1v) is 3.07. The van der Waals surface area contributed by atoms with E-state index >= 15 is 0 Å². The Morgan fingerprint density at radius 3 is 2.70 bits per heavy atom. The molecule has 4 nitrogen and oxygen atoms in total. The van der Waals surface area contributed by atoms with Crippen LogP contribution in [0.15, 0.2) is 0 Å². The number of carbonyl (C=O) groups is 2. The van der Waals surface area contributed by atoms with Gasteiger partial charge in [0, 0.05) is 13.0 Å². The number of primary amides is 1. The Bertz CT molecular complexity index is 125. The van der Waals surface area contributed by atoms with Crippen molar-refractivity contribution in [1.29, 1.82) is 0 Å². The molecule has 0 aromatic rings. The monoisotopic (exact) mass is 144 g/mol. The molecule has 0 saturated carbocycles. The largest absolute Gasteiger partial charge is 0.369 e. The summed E-state index contributed by atoms with van der Waals surface area (Å²) in [6.45, 7) is 0.806. The number of carbonyl (C=O) groups excluding carboxylic acids is 2. The van der Waals surface area contributed by atoms with Crippen LogP contribution in [-0.4, -0.2) is 37.2 Å². The summed E-state index contributed by atoms with van der Waals surface area (Å²) in [5.41, 5.74) is 4.90. The van der Waals surface area contributed by atoms with Crippen molar-refractivity contribution < 1.29 is 9.59 Å². The van der Waals surface area contributed by atoms with Crippen LogP contribution in [0, 0.1) is 0 Å². The Morgan fingerprint density at radius 1 is 1.70 bits per heavy atom. The SMILES string of the molecule is CN(CCC=O)CC(N)=O. The lowest BCUT2D eigenvalue weighted by atomic mass is 10.4. The van der Waals surface area contributed by atoms with Crippen molar-refractivity contribution >= 4 is 12.2 Å². The predicted molar refractivity (Wildman–Crippen MR) is 37.4 cm³/mol. The van der Waals surface area contributed by atoms with Crippen LogP contribution >= 0.6 is 0 Å². The molecule has 0 aromatic heterocycles. The highest BCUT2D eigenvalue weighted by atomic mass is 16.1. The fourth-order valence-electron chi connectivity index (χ4n) is 0.618. The highest BCUT2D eigenvalue weighted by Crippen LogP contribution is 1.82. The zero-order chi connectivity index (χ0) is 7.98. The van der Waals surface area contributed by atoms with Crippen LogP contribution in [0.5, 0.6) is 0 Å². The maximum absolute atomic E-state index is 10.3. The minimum absolute atomic E-state index is 0.216. The molecule has 0 bridgehead atoms. The molecule has 0 atom stereocenters. The van der Waals surface area contributed by atoms with E-state index in [0.717, 1.165) is 6.29 Å². The van der Waals surface area contributed by atoms with Crippen LogP contribution in [-0.2, 0) is 9.59 Å². The Labute approximate surface area is 60.0 Å². The molecule has 4 heteroatoms. The quantitative estimate of drug-likeness (QED) is 0.503. The van der Waals surface area contributed by atoms with Gasteiger partial charge in [-0.1, -0.05) is 0 Å². The number of aldehydes is 1. The standard InChI is InChI=1S/C6H12N2O2/c1-8(3-2-4-9)5-6(7)10/h4H,2-3,5H2,1H3,(H2,7,10). The third-order valence-electron chi connectivity index (χ3n) is 1.05. The molecule has 0 unspecified atom stereocenters. The van der Waals surface area contributed by atoms with Gasteiger partial charge >= 0.3 is 0 Å². The maximum Gasteiger partial charge on any atom is 0.231 e. The van der Waals surface area contributed by atoms with Crippen molar-refractivity contribution in [3.05, 3.63) is 0 Å². The minimum Gasteiger partial charge on any atom is -0.369 e. The van der Waals surface area contributed by atoms with Crippen LogP contribution < -0.4 is 5.73 Å². The number of amides is 1. The molecule has 0 aliphatic rings. The second kappa shape index (κ2) is 4.93. The Kier molecular flexibility index (Phi) is 4.49. The van der Waals surface area contributed by atoms with E-state index in [9.17, 15) is 9.59 Å². The lowest BCUT2D eigenvalue weighted by molar-refractivity contribution is -0.119. The number of hydrogen-bond donors (Lipinski definition) is 1. The summed E-state index contributed by atoms with van der Waals surface area (Å²) in [5.74, 6) is -0.367. The molecule has 10 heavy (non-hydrogen) atoms.